The Morgan fingerprint density at radius 1 is 1.18 bits per heavy atom. The second-order valence-corrected chi connectivity index (χ2v) is 13.9. The highest BCUT2D eigenvalue weighted by molar-refractivity contribution is 8.72. The molecule has 0 saturated carbocycles. The van der Waals surface area contributed by atoms with Crippen molar-refractivity contribution in [2.24, 2.45) is 0 Å². The van der Waals surface area contributed by atoms with E-state index in [2.05, 4.69) is 20.6 Å². The minimum Gasteiger partial charge on any atom is -0.605 e. The fraction of sp³-hybridized carbons (Fsp3) is 0.300. The largest absolute Gasteiger partial charge is 0.605 e. The number of hydrogen-bond donors (Lipinski definition) is 4. The van der Waals surface area contributed by atoms with Gasteiger partial charge in [-0.05, 0) is 42.0 Å². The van der Waals surface area contributed by atoms with Crippen LogP contribution in [-0.2, 0) is 21.6 Å². The third-order valence-corrected chi connectivity index (χ3v) is 10.7. The predicted molar refractivity (Wildman–Crippen MR) is 170 cm³/mol. The van der Waals surface area contributed by atoms with Gasteiger partial charge in [-0.15, -0.1) is 0 Å². The fourth-order valence-electron chi connectivity index (χ4n) is 4.46. The highest BCUT2D eigenvalue weighted by atomic mass is 35.5. The highest BCUT2D eigenvalue weighted by Gasteiger charge is 2.31. The first kappa shape index (κ1) is 32.1. The van der Waals surface area contributed by atoms with Crippen molar-refractivity contribution in [2.75, 3.05) is 29.6 Å². The average molecular weight is 661 g/mol. The Morgan fingerprint density at radius 3 is 2.80 bits per heavy atom. The van der Waals surface area contributed by atoms with E-state index < -0.39 is 22.9 Å². The number of aromatic nitrogens is 2. The molecule has 1 aromatic heterocycles. The summed E-state index contributed by atoms with van der Waals surface area (Å²) in [4.78, 5) is 21.6. The number of anilines is 3. The Hall–Kier alpha value is -3.33. The van der Waals surface area contributed by atoms with E-state index in [1.807, 2.05) is 0 Å². The van der Waals surface area contributed by atoms with Gasteiger partial charge in [0, 0.05) is 52.4 Å². The number of carbonyl (C=O) groups is 1. The zero-order valence-corrected chi connectivity index (χ0v) is 25.8. The molecular formula is C30H30ClFN4O6S2. The zero-order valence-electron chi connectivity index (χ0n) is 23.4. The predicted octanol–water partition coefficient (Wildman–Crippen LogP) is 5.36. The molecular weight excluding hydrogens is 631 g/mol. The van der Waals surface area contributed by atoms with Crippen molar-refractivity contribution in [1.82, 2.24) is 9.97 Å². The van der Waals surface area contributed by atoms with Crippen LogP contribution in [0.25, 0.3) is 10.9 Å². The molecule has 0 bridgehead atoms. The van der Waals surface area contributed by atoms with Crippen molar-refractivity contribution < 1.29 is 33.4 Å². The molecule has 4 aromatic rings. The lowest BCUT2D eigenvalue weighted by Crippen LogP contribution is -2.22. The molecule has 1 amide bonds. The number of aliphatic hydroxyl groups is 2. The molecule has 14 heteroatoms. The van der Waals surface area contributed by atoms with Crippen LogP contribution in [-0.4, -0.2) is 61.0 Å². The summed E-state index contributed by atoms with van der Waals surface area (Å²) in [7, 11) is 0.421. The van der Waals surface area contributed by atoms with Crippen molar-refractivity contribution in [3.05, 3.63) is 77.3 Å². The number of hydrogen-bond acceptors (Lipinski definition) is 10. The number of benzene rings is 3. The van der Waals surface area contributed by atoms with Crippen molar-refractivity contribution >= 4 is 66.6 Å². The van der Waals surface area contributed by atoms with Gasteiger partial charge in [0.05, 0.1) is 33.6 Å². The summed E-state index contributed by atoms with van der Waals surface area (Å²) in [5.41, 5.74) is 2.09. The molecule has 4 N–H and O–H groups in total. The van der Waals surface area contributed by atoms with E-state index in [-0.39, 0.29) is 42.4 Å². The third-order valence-electron chi connectivity index (χ3n) is 6.74. The van der Waals surface area contributed by atoms with Crippen LogP contribution in [0.5, 0.6) is 11.5 Å². The number of nitrogens with zero attached hydrogens (tertiary/aromatic N) is 2. The number of fused-ring (bicyclic) bond motifs is 1. The maximum Gasteiger partial charge on any atom is 0.224 e. The van der Waals surface area contributed by atoms with Gasteiger partial charge in [0.25, 0.3) is 0 Å². The standard InChI is InChI=1S/C30H30ClFN4O6S2/c31-24-11-20(4-6-27(24)41-15-18-2-1-3-19(32)10-18)35-30-23-12-26(36-29(39)7-5-22-8-9-43-44(22)40)28(42-16-21(38)14-37)13-25(23)33-17-34-30/h1-4,6,10-13,17,21-22,37-38H,5,7-9,14-16H2,(H,36,39)(H,33,34,35). The van der Waals surface area contributed by atoms with Gasteiger partial charge < -0.3 is 34.9 Å². The molecule has 3 aromatic carbocycles. The van der Waals surface area contributed by atoms with Gasteiger partial charge in [0.1, 0.15) is 54.0 Å². The summed E-state index contributed by atoms with van der Waals surface area (Å²) in [6.07, 6.45) is 1.74. The zero-order chi connectivity index (χ0) is 31.1. The van der Waals surface area contributed by atoms with Gasteiger partial charge in [-0.3, -0.25) is 4.79 Å². The Bertz CT molecular complexity index is 1620. The van der Waals surface area contributed by atoms with Crippen LogP contribution in [0.1, 0.15) is 24.8 Å². The minimum atomic E-state index is -1.11. The number of halogens is 2. The Labute approximate surface area is 264 Å². The molecule has 3 atom stereocenters. The number of amides is 1. The molecule has 10 nitrogen and oxygen atoms in total. The number of nitrogens with one attached hydrogen (secondary N) is 2. The monoisotopic (exact) mass is 660 g/mol. The number of ether oxygens (including phenoxy) is 2. The molecule has 2 heterocycles. The van der Waals surface area contributed by atoms with E-state index in [9.17, 15) is 24.0 Å². The molecule has 0 aliphatic carbocycles. The molecule has 1 fully saturated rings. The molecule has 1 aliphatic heterocycles. The van der Waals surface area contributed by atoms with Gasteiger partial charge in [0.15, 0.2) is 0 Å². The fourth-order valence-corrected chi connectivity index (χ4v) is 8.14. The van der Waals surface area contributed by atoms with Crippen molar-refractivity contribution in [3.8, 4) is 11.5 Å². The quantitative estimate of drug-likeness (QED) is 0.109. The normalized spacial score (nSPS) is 16.9. The summed E-state index contributed by atoms with van der Waals surface area (Å²) >= 11 is 6.48. The lowest BCUT2D eigenvalue weighted by atomic mass is 10.1. The van der Waals surface area contributed by atoms with Crippen LogP contribution in [0.15, 0.2) is 60.9 Å². The molecule has 5 rings (SSSR count). The van der Waals surface area contributed by atoms with Crippen LogP contribution in [0, 0.1) is 5.82 Å². The van der Waals surface area contributed by atoms with E-state index in [1.165, 1.54) is 29.3 Å². The van der Waals surface area contributed by atoms with Gasteiger partial charge in [0.2, 0.25) is 5.91 Å². The smallest absolute Gasteiger partial charge is 0.224 e. The first-order chi connectivity index (χ1) is 21.3. The van der Waals surface area contributed by atoms with E-state index in [1.54, 1.807) is 42.5 Å². The molecule has 232 valence electrons. The topological polar surface area (TPSA) is 149 Å². The van der Waals surface area contributed by atoms with Gasteiger partial charge in [-0.25, -0.2) is 14.4 Å². The summed E-state index contributed by atoms with van der Waals surface area (Å²) in [5.74, 6) is 1.30. The third kappa shape index (κ3) is 8.43. The number of carbonyl (C=O) groups excluding carboxylic acids is 1. The molecule has 3 unspecified atom stereocenters. The second kappa shape index (κ2) is 15.1. The number of aliphatic hydroxyl groups excluding tert-OH is 2. The van der Waals surface area contributed by atoms with E-state index in [4.69, 9.17) is 21.1 Å². The molecule has 0 spiro atoms. The van der Waals surface area contributed by atoms with Gasteiger partial charge >= 0.3 is 0 Å². The van der Waals surface area contributed by atoms with Crippen LogP contribution < -0.4 is 20.1 Å². The van der Waals surface area contributed by atoms with Crippen molar-refractivity contribution in [1.29, 1.82) is 0 Å². The molecule has 1 saturated heterocycles. The molecule has 0 radical (unpaired) electrons. The maximum atomic E-state index is 13.5. The summed E-state index contributed by atoms with van der Waals surface area (Å²) in [5, 5.41) is 26.0. The molecule has 1 aliphatic rings. The minimum absolute atomic E-state index is 0.0214. The number of rotatable bonds is 13. The Morgan fingerprint density at radius 2 is 2.05 bits per heavy atom. The summed E-state index contributed by atoms with van der Waals surface area (Å²) in [6, 6.07) is 14.5. The van der Waals surface area contributed by atoms with E-state index in [0.717, 1.165) is 12.2 Å². The summed E-state index contributed by atoms with van der Waals surface area (Å²) < 4.78 is 37.1. The first-order valence-electron chi connectivity index (χ1n) is 13.8. The maximum absolute atomic E-state index is 13.5. The van der Waals surface area contributed by atoms with Crippen molar-refractivity contribution in [2.45, 2.75) is 37.2 Å². The SMILES string of the molecule is O=C(CCC1CCS[S+]1[O-])Nc1cc2c(Nc3ccc(OCc4cccc(F)c4)c(Cl)c3)ncnc2cc1OCC(O)CO. The van der Waals surface area contributed by atoms with Crippen LogP contribution >= 0.6 is 22.4 Å². The van der Waals surface area contributed by atoms with E-state index in [0.29, 0.717) is 50.9 Å². The van der Waals surface area contributed by atoms with Gasteiger partial charge in [-0.2, -0.15) is 0 Å². The lowest BCUT2D eigenvalue weighted by molar-refractivity contribution is -0.116. The molecule has 44 heavy (non-hydrogen) atoms. The average Bonchev–Trinajstić information content (AvgIpc) is 3.43. The second-order valence-electron chi connectivity index (χ2n) is 10.0. The van der Waals surface area contributed by atoms with Crippen LogP contribution in [0.4, 0.5) is 21.6 Å². The lowest BCUT2D eigenvalue weighted by Gasteiger charge is -2.17. The van der Waals surface area contributed by atoms with Gasteiger partial charge in [-0.1, -0.05) is 23.7 Å². The highest BCUT2D eigenvalue weighted by Crippen LogP contribution is 2.36. The first-order valence-corrected chi connectivity index (χ1v) is 16.9. The Kier molecular flexibility index (Phi) is 11.0. The Balaban J connectivity index is 1.35. The van der Waals surface area contributed by atoms with E-state index >= 15 is 0 Å². The summed E-state index contributed by atoms with van der Waals surface area (Å²) in [6.45, 7) is -0.544. The van der Waals surface area contributed by atoms with Crippen molar-refractivity contribution in [3.63, 3.8) is 0 Å². The van der Waals surface area contributed by atoms with Crippen LogP contribution in [0.3, 0.4) is 0 Å². The van der Waals surface area contributed by atoms with Crippen LogP contribution in [0.2, 0.25) is 5.02 Å².